The average molecular weight is 241 g/mol. The highest BCUT2D eigenvalue weighted by Gasteiger charge is 2.05. The summed E-state index contributed by atoms with van der Waals surface area (Å²) in [6.07, 6.45) is 2.13. The molecule has 1 aromatic carbocycles. The SMILES string of the molecule is CCCCOCc1ccc(F)c(C(N)=S)c1. The van der Waals surface area contributed by atoms with Gasteiger partial charge in [-0.3, -0.25) is 0 Å². The Kier molecular flexibility index (Phi) is 5.35. The van der Waals surface area contributed by atoms with E-state index in [1.54, 1.807) is 12.1 Å². The monoisotopic (exact) mass is 241 g/mol. The Bertz CT molecular complexity index is 368. The molecule has 0 aliphatic heterocycles. The van der Waals surface area contributed by atoms with Crippen molar-refractivity contribution in [1.29, 1.82) is 0 Å². The van der Waals surface area contributed by atoms with Crippen molar-refractivity contribution < 1.29 is 9.13 Å². The van der Waals surface area contributed by atoms with Gasteiger partial charge >= 0.3 is 0 Å². The third-order valence-corrected chi connectivity index (χ3v) is 2.43. The van der Waals surface area contributed by atoms with Crippen molar-refractivity contribution in [2.45, 2.75) is 26.4 Å². The van der Waals surface area contributed by atoms with Crippen LogP contribution < -0.4 is 5.73 Å². The molecule has 1 aromatic rings. The fourth-order valence-corrected chi connectivity index (χ4v) is 1.44. The Hall–Kier alpha value is -1.00. The molecule has 88 valence electrons. The molecule has 0 amide bonds. The van der Waals surface area contributed by atoms with Crippen LogP contribution in [0, 0.1) is 5.82 Å². The quantitative estimate of drug-likeness (QED) is 0.614. The Labute approximate surface area is 101 Å². The molecule has 0 heterocycles. The zero-order chi connectivity index (χ0) is 12.0. The first-order valence-corrected chi connectivity index (χ1v) is 5.72. The molecule has 0 atom stereocenters. The number of halogens is 1. The van der Waals surface area contributed by atoms with E-state index in [9.17, 15) is 4.39 Å². The van der Waals surface area contributed by atoms with Gasteiger partial charge in [0.2, 0.25) is 0 Å². The first-order chi connectivity index (χ1) is 7.65. The summed E-state index contributed by atoms with van der Waals surface area (Å²) in [4.78, 5) is 0.0768. The van der Waals surface area contributed by atoms with Gasteiger partial charge in [-0.2, -0.15) is 0 Å². The number of nitrogens with two attached hydrogens (primary N) is 1. The zero-order valence-corrected chi connectivity index (χ0v) is 10.1. The minimum Gasteiger partial charge on any atom is -0.389 e. The smallest absolute Gasteiger partial charge is 0.133 e. The van der Waals surface area contributed by atoms with E-state index >= 15 is 0 Å². The summed E-state index contributed by atoms with van der Waals surface area (Å²) in [6.45, 7) is 3.29. The lowest BCUT2D eigenvalue weighted by Gasteiger charge is -2.06. The molecule has 4 heteroatoms. The van der Waals surface area contributed by atoms with Gasteiger partial charge in [-0.25, -0.2) is 4.39 Å². The maximum Gasteiger partial charge on any atom is 0.133 e. The van der Waals surface area contributed by atoms with Crippen molar-refractivity contribution in [2.24, 2.45) is 5.73 Å². The van der Waals surface area contributed by atoms with Gasteiger partial charge in [0, 0.05) is 12.2 Å². The fraction of sp³-hybridized carbons (Fsp3) is 0.417. The molecule has 1 rings (SSSR count). The van der Waals surface area contributed by atoms with Gasteiger partial charge in [-0.15, -0.1) is 0 Å². The van der Waals surface area contributed by atoms with Crippen LogP contribution in [0.3, 0.4) is 0 Å². The number of ether oxygens (including phenoxy) is 1. The highest BCUT2D eigenvalue weighted by Crippen LogP contribution is 2.11. The standard InChI is InChI=1S/C12H16FNOS/c1-2-3-6-15-8-9-4-5-11(13)10(7-9)12(14)16/h4-5,7H,2-3,6,8H2,1H3,(H2,14,16). The second-order valence-corrected chi connectivity index (χ2v) is 4.02. The molecule has 0 aliphatic carbocycles. The number of rotatable bonds is 6. The van der Waals surface area contributed by atoms with E-state index in [2.05, 4.69) is 6.92 Å². The molecule has 0 radical (unpaired) electrons. The first kappa shape index (κ1) is 13.1. The molecule has 0 spiro atoms. The number of thiocarbonyl (C=S) groups is 1. The maximum absolute atomic E-state index is 13.3. The zero-order valence-electron chi connectivity index (χ0n) is 9.33. The predicted molar refractivity (Wildman–Crippen MR) is 66.9 cm³/mol. The number of unbranched alkanes of at least 4 members (excludes halogenated alkanes) is 1. The van der Waals surface area contributed by atoms with E-state index < -0.39 is 0 Å². The van der Waals surface area contributed by atoms with Crippen molar-refractivity contribution >= 4 is 17.2 Å². The summed E-state index contributed by atoms with van der Waals surface area (Å²) >= 11 is 4.76. The van der Waals surface area contributed by atoms with Crippen molar-refractivity contribution in [3.63, 3.8) is 0 Å². The lowest BCUT2D eigenvalue weighted by Crippen LogP contribution is -2.12. The molecule has 0 saturated heterocycles. The first-order valence-electron chi connectivity index (χ1n) is 5.31. The minimum absolute atomic E-state index is 0.0768. The summed E-state index contributed by atoms with van der Waals surface area (Å²) < 4.78 is 18.7. The fourth-order valence-electron chi connectivity index (χ4n) is 1.29. The third kappa shape index (κ3) is 3.87. The average Bonchev–Trinajstić information content (AvgIpc) is 2.26. The number of benzene rings is 1. The van der Waals surface area contributed by atoms with Gasteiger partial charge < -0.3 is 10.5 Å². The second kappa shape index (κ2) is 6.55. The Morgan fingerprint density at radius 2 is 2.25 bits per heavy atom. The molecule has 0 unspecified atom stereocenters. The highest BCUT2D eigenvalue weighted by molar-refractivity contribution is 7.80. The van der Waals surface area contributed by atoms with Gasteiger partial charge in [-0.05, 0) is 24.1 Å². The molecule has 0 bridgehead atoms. The molecule has 0 aliphatic rings. The highest BCUT2D eigenvalue weighted by atomic mass is 32.1. The molecule has 16 heavy (non-hydrogen) atoms. The summed E-state index contributed by atoms with van der Waals surface area (Å²) in [5.74, 6) is -0.384. The van der Waals surface area contributed by atoms with Crippen LogP contribution in [0.5, 0.6) is 0 Å². The van der Waals surface area contributed by atoms with E-state index in [1.165, 1.54) is 6.07 Å². The van der Waals surface area contributed by atoms with Crippen LogP contribution >= 0.6 is 12.2 Å². The van der Waals surface area contributed by atoms with Crippen LogP contribution in [0.2, 0.25) is 0 Å². The number of hydrogen-bond acceptors (Lipinski definition) is 2. The van der Waals surface area contributed by atoms with Crippen LogP contribution in [-0.2, 0) is 11.3 Å². The van der Waals surface area contributed by atoms with Crippen molar-refractivity contribution in [3.8, 4) is 0 Å². The molecule has 2 N–H and O–H groups in total. The summed E-state index contributed by atoms with van der Waals surface area (Å²) in [5.41, 5.74) is 6.58. The lowest BCUT2D eigenvalue weighted by atomic mass is 10.1. The topological polar surface area (TPSA) is 35.2 Å². The van der Waals surface area contributed by atoms with Gasteiger partial charge in [0.1, 0.15) is 10.8 Å². The summed E-state index contributed by atoms with van der Waals surface area (Å²) in [7, 11) is 0. The lowest BCUT2D eigenvalue weighted by molar-refractivity contribution is 0.118. The van der Waals surface area contributed by atoms with Crippen LogP contribution in [0.25, 0.3) is 0 Å². The van der Waals surface area contributed by atoms with Crippen LogP contribution in [0.1, 0.15) is 30.9 Å². The number of hydrogen-bond donors (Lipinski definition) is 1. The van der Waals surface area contributed by atoms with Crippen LogP contribution in [-0.4, -0.2) is 11.6 Å². The molecule has 0 saturated carbocycles. The van der Waals surface area contributed by atoms with Crippen LogP contribution in [0.15, 0.2) is 18.2 Å². The van der Waals surface area contributed by atoms with E-state index in [4.69, 9.17) is 22.7 Å². The molecular formula is C12H16FNOS. The van der Waals surface area contributed by atoms with E-state index in [0.29, 0.717) is 6.61 Å². The van der Waals surface area contributed by atoms with E-state index in [-0.39, 0.29) is 16.4 Å². The van der Waals surface area contributed by atoms with Gasteiger partial charge in [0.25, 0.3) is 0 Å². The molecular weight excluding hydrogens is 225 g/mol. The maximum atomic E-state index is 13.3. The Balaban J connectivity index is 2.61. The van der Waals surface area contributed by atoms with Crippen LogP contribution in [0.4, 0.5) is 4.39 Å². The Morgan fingerprint density at radius 1 is 1.50 bits per heavy atom. The van der Waals surface area contributed by atoms with E-state index in [0.717, 1.165) is 25.0 Å². The van der Waals surface area contributed by atoms with Crippen molar-refractivity contribution in [1.82, 2.24) is 0 Å². The van der Waals surface area contributed by atoms with Crippen molar-refractivity contribution in [2.75, 3.05) is 6.61 Å². The predicted octanol–water partition coefficient (Wildman–Crippen LogP) is 2.78. The summed E-state index contributed by atoms with van der Waals surface area (Å²) in [6, 6.07) is 4.69. The largest absolute Gasteiger partial charge is 0.389 e. The van der Waals surface area contributed by atoms with Gasteiger partial charge in [0.05, 0.1) is 6.61 Å². The molecule has 0 fully saturated rings. The summed E-state index contributed by atoms with van der Waals surface area (Å²) in [5, 5.41) is 0. The molecule has 0 aromatic heterocycles. The van der Waals surface area contributed by atoms with Gasteiger partial charge in [-0.1, -0.05) is 31.6 Å². The third-order valence-electron chi connectivity index (χ3n) is 2.21. The Morgan fingerprint density at radius 3 is 2.88 bits per heavy atom. The van der Waals surface area contributed by atoms with Gasteiger partial charge in [0.15, 0.2) is 0 Å². The van der Waals surface area contributed by atoms with E-state index in [1.807, 2.05) is 0 Å². The second-order valence-electron chi connectivity index (χ2n) is 3.58. The molecule has 2 nitrogen and oxygen atoms in total. The minimum atomic E-state index is -0.384. The van der Waals surface area contributed by atoms with Crippen molar-refractivity contribution in [3.05, 3.63) is 35.1 Å². The normalized spacial score (nSPS) is 10.4.